The molecule has 2 aliphatic rings. The quantitative estimate of drug-likeness (QED) is 0.894. The number of amides is 1. The highest BCUT2D eigenvalue weighted by Crippen LogP contribution is 2.26. The Balaban J connectivity index is 1.49. The highest BCUT2D eigenvalue weighted by Gasteiger charge is 2.40. The summed E-state index contributed by atoms with van der Waals surface area (Å²) < 4.78 is 0. The fourth-order valence-corrected chi connectivity index (χ4v) is 3.79. The van der Waals surface area contributed by atoms with Crippen molar-refractivity contribution in [3.63, 3.8) is 0 Å². The number of carbonyl (C=O) groups is 1. The monoisotopic (exact) mass is 314 g/mol. The number of aromatic amines is 1. The zero-order valence-electron chi connectivity index (χ0n) is 13.2. The van der Waals surface area contributed by atoms with Crippen LogP contribution >= 0.6 is 0 Å². The maximum absolute atomic E-state index is 12.8. The molecule has 0 radical (unpaired) electrons. The second-order valence-corrected chi connectivity index (χ2v) is 6.80. The summed E-state index contributed by atoms with van der Waals surface area (Å²) >= 11 is 0. The summed E-state index contributed by atoms with van der Waals surface area (Å²) in [4.78, 5) is 16.8. The third-order valence-corrected chi connectivity index (χ3v) is 5.01. The fourth-order valence-electron chi connectivity index (χ4n) is 3.79. The first kappa shape index (κ1) is 14.7. The lowest BCUT2D eigenvalue weighted by molar-refractivity contribution is 0.0175. The number of nitrogens with zero attached hydrogens (tertiary/aromatic N) is 3. The van der Waals surface area contributed by atoms with Crippen molar-refractivity contribution in [3.8, 4) is 0 Å². The molecule has 0 aliphatic carbocycles. The Bertz CT molecular complexity index is 722. The topological polar surface area (TPSA) is 72.5 Å². The largest absolute Gasteiger partial charge is 0.387 e. The Morgan fingerprint density at radius 3 is 2.87 bits per heavy atom. The number of carbonyl (C=O) groups excluding carboxylic acids is 1. The van der Waals surface area contributed by atoms with E-state index in [0.717, 1.165) is 24.0 Å². The van der Waals surface area contributed by atoms with E-state index in [4.69, 9.17) is 0 Å². The SMILES string of the molecule is O=C(c1n[nH]c2ccccc12)N1CC[C@@](O)(CN2CCCC2)C1. The first-order chi connectivity index (χ1) is 11.1. The highest BCUT2D eigenvalue weighted by atomic mass is 16.3. The zero-order valence-corrected chi connectivity index (χ0v) is 13.2. The molecule has 1 aromatic carbocycles. The van der Waals surface area contributed by atoms with Gasteiger partial charge in [-0.25, -0.2) is 0 Å². The smallest absolute Gasteiger partial charge is 0.275 e. The van der Waals surface area contributed by atoms with Crippen LogP contribution in [0.15, 0.2) is 24.3 Å². The highest BCUT2D eigenvalue weighted by molar-refractivity contribution is 6.04. The van der Waals surface area contributed by atoms with Gasteiger partial charge in [0.2, 0.25) is 0 Å². The molecule has 6 nitrogen and oxygen atoms in total. The number of β-amino-alcohol motifs (C(OH)–C–C–N with tert-alkyl or cyclic N) is 1. The van der Waals surface area contributed by atoms with Crippen LogP contribution in [0.1, 0.15) is 29.8 Å². The maximum Gasteiger partial charge on any atom is 0.275 e. The molecular formula is C17H22N4O2. The molecule has 2 N–H and O–H groups in total. The molecule has 0 bridgehead atoms. The van der Waals surface area contributed by atoms with Crippen LogP contribution in [-0.4, -0.2) is 69.3 Å². The van der Waals surface area contributed by atoms with Gasteiger partial charge in [0.15, 0.2) is 5.69 Å². The molecule has 6 heteroatoms. The number of aromatic nitrogens is 2. The first-order valence-electron chi connectivity index (χ1n) is 8.32. The predicted molar refractivity (Wildman–Crippen MR) is 87.2 cm³/mol. The van der Waals surface area contributed by atoms with Crippen LogP contribution in [-0.2, 0) is 0 Å². The number of H-pyrrole nitrogens is 1. The van der Waals surface area contributed by atoms with Gasteiger partial charge >= 0.3 is 0 Å². The third kappa shape index (κ3) is 2.72. The van der Waals surface area contributed by atoms with Gasteiger partial charge in [0, 0.05) is 18.5 Å². The van der Waals surface area contributed by atoms with E-state index in [2.05, 4.69) is 15.1 Å². The first-order valence-corrected chi connectivity index (χ1v) is 8.32. The summed E-state index contributed by atoms with van der Waals surface area (Å²) in [6.45, 7) is 3.76. The van der Waals surface area contributed by atoms with Gasteiger partial charge in [-0.1, -0.05) is 18.2 Å². The van der Waals surface area contributed by atoms with Gasteiger partial charge < -0.3 is 14.9 Å². The van der Waals surface area contributed by atoms with Crippen LogP contribution in [0, 0.1) is 0 Å². The van der Waals surface area contributed by atoms with Crippen LogP contribution in [0.5, 0.6) is 0 Å². The lowest BCUT2D eigenvalue weighted by Gasteiger charge is -2.28. The zero-order chi connectivity index (χ0) is 15.9. The van der Waals surface area contributed by atoms with E-state index < -0.39 is 5.60 Å². The molecule has 2 fully saturated rings. The van der Waals surface area contributed by atoms with Gasteiger partial charge in [-0.05, 0) is 38.4 Å². The third-order valence-electron chi connectivity index (χ3n) is 5.01. The molecule has 2 saturated heterocycles. The second-order valence-electron chi connectivity index (χ2n) is 6.80. The summed E-state index contributed by atoms with van der Waals surface area (Å²) in [7, 11) is 0. The number of hydrogen-bond donors (Lipinski definition) is 2. The number of fused-ring (bicyclic) bond motifs is 1. The summed E-state index contributed by atoms with van der Waals surface area (Å²) in [5, 5.41) is 18.7. The van der Waals surface area contributed by atoms with Gasteiger partial charge in [0.25, 0.3) is 5.91 Å². The van der Waals surface area contributed by atoms with Crippen LogP contribution in [0.3, 0.4) is 0 Å². The molecular weight excluding hydrogens is 292 g/mol. The van der Waals surface area contributed by atoms with E-state index in [-0.39, 0.29) is 5.91 Å². The summed E-state index contributed by atoms with van der Waals surface area (Å²) in [6, 6.07) is 7.63. The van der Waals surface area contributed by atoms with Gasteiger partial charge in [-0.3, -0.25) is 9.89 Å². The van der Waals surface area contributed by atoms with Gasteiger partial charge in [0.1, 0.15) is 0 Å². The van der Waals surface area contributed by atoms with Crippen molar-refractivity contribution in [2.75, 3.05) is 32.7 Å². The molecule has 0 spiro atoms. The number of benzene rings is 1. The van der Waals surface area contributed by atoms with Crippen molar-refractivity contribution in [1.29, 1.82) is 0 Å². The normalized spacial score (nSPS) is 25.5. The van der Waals surface area contributed by atoms with Gasteiger partial charge in [-0.2, -0.15) is 5.10 Å². The second kappa shape index (κ2) is 5.62. The van der Waals surface area contributed by atoms with E-state index in [9.17, 15) is 9.90 Å². The van der Waals surface area contributed by atoms with Crippen molar-refractivity contribution in [2.24, 2.45) is 0 Å². The molecule has 1 aromatic heterocycles. The van der Waals surface area contributed by atoms with Crippen molar-refractivity contribution >= 4 is 16.8 Å². The Morgan fingerprint density at radius 2 is 2.04 bits per heavy atom. The Labute approximate surface area is 135 Å². The average molecular weight is 314 g/mol. The number of likely N-dealkylation sites (tertiary alicyclic amines) is 2. The van der Waals surface area contributed by atoms with E-state index in [1.54, 1.807) is 4.90 Å². The minimum atomic E-state index is -0.786. The summed E-state index contributed by atoms with van der Waals surface area (Å²) in [6.07, 6.45) is 3.05. The van der Waals surface area contributed by atoms with Crippen LogP contribution in [0.25, 0.3) is 10.9 Å². The lowest BCUT2D eigenvalue weighted by atomic mass is 10.0. The lowest BCUT2D eigenvalue weighted by Crippen LogP contribution is -2.45. The summed E-state index contributed by atoms with van der Waals surface area (Å²) in [5.41, 5.74) is 0.528. The number of rotatable bonds is 3. The molecule has 122 valence electrons. The van der Waals surface area contributed by atoms with Crippen molar-refractivity contribution < 1.29 is 9.90 Å². The fraction of sp³-hybridized carbons (Fsp3) is 0.529. The molecule has 23 heavy (non-hydrogen) atoms. The van der Waals surface area contributed by atoms with Crippen LogP contribution < -0.4 is 0 Å². The molecule has 2 aromatic rings. The number of para-hydroxylation sites is 1. The molecule has 1 atom stereocenters. The van der Waals surface area contributed by atoms with E-state index >= 15 is 0 Å². The molecule has 0 unspecified atom stereocenters. The van der Waals surface area contributed by atoms with Crippen LogP contribution in [0.4, 0.5) is 0 Å². The van der Waals surface area contributed by atoms with E-state index in [0.29, 0.717) is 31.7 Å². The van der Waals surface area contributed by atoms with Gasteiger partial charge in [0.05, 0.1) is 17.7 Å². The van der Waals surface area contributed by atoms with Crippen molar-refractivity contribution in [2.45, 2.75) is 24.9 Å². The number of aliphatic hydroxyl groups is 1. The van der Waals surface area contributed by atoms with Crippen molar-refractivity contribution in [1.82, 2.24) is 20.0 Å². The number of hydrogen-bond acceptors (Lipinski definition) is 4. The Hall–Kier alpha value is -1.92. The Kier molecular flexibility index (Phi) is 3.58. The number of nitrogens with one attached hydrogen (secondary N) is 1. The van der Waals surface area contributed by atoms with E-state index in [1.165, 1.54) is 12.8 Å². The van der Waals surface area contributed by atoms with Crippen molar-refractivity contribution in [3.05, 3.63) is 30.0 Å². The molecule has 4 rings (SSSR count). The molecule has 3 heterocycles. The minimum Gasteiger partial charge on any atom is -0.387 e. The average Bonchev–Trinajstić information content (AvgIpc) is 3.26. The van der Waals surface area contributed by atoms with Crippen LogP contribution in [0.2, 0.25) is 0 Å². The Morgan fingerprint density at radius 1 is 1.26 bits per heavy atom. The minimum absolute atomic E-state index is 0.0974. The van der Waals surface area contributed by atoms with Gasteiger partial charge in [-0.15, -0.1) is 0 Å². The predicted octanol–water partition coefficient (Wildman–Crippen LogP) is 1.24. The molecule has 0 saturated carbocycles. The summed E-state index contributed by atoms with van der Waals surface area (Å²) in [5.74, 6) is -0.0974. The molecule has 1 amide bonds. The maximum atomic E-state index is 12.8. The standard InChI is InChI=1S/C17H22N4O2/c22-16(15-13-5-1-2-6-14(13)18-19-15)21-10-7-17(23,12-21)11-20-8-3-4-9-20/h1-2,5-6,23H,3-4,7-12H2,(H,18,19)/t17-/m1/s1. The van der Waals surface area contributed by atoms with E-state index in [1.807, 2.05) is 24.3 Å². The molecule has 2 aliphatic heterocycles.